The van der Waals surface area contributed by atoms with Crippen molar-refractivity contribution in [1.29, 1.82) is 0 Å². The molecule has 0 aromatic carbocycles. The molecule has 0 aromatic rings. The number of ether oxygens (including phenoxy) is 2. The van der Waals surface area contributed by atoms with Crippen molar-refractivity contribution in [3.05, 3.63) is 23.5 Å². The van der Waals surface area contributed by atoms with Gasteiger partial charge in [-0.05, 0) is 26.7 Å². The summed E-state index contributed by atoms with van der Waals surface area (Å²) in [4.78, 5) is 25.0. The van der Waals surface area contributed by atoms with Crippen LogP contribution in [0.3, 0.4) is 0 Å². The van der Waals surface area contributed by atoms with E-state index in [2.05, 4.69) is 20.4 Å². The van der Waals surface area contributed by atoms with Crippen molar-refractivity contribution in [3.8, 4) is 0 Å². The average molecular weight is 675 g/mol. The highest BCUT2D eigenvalue weighted by Crippen LogP contribution is 2.20. The van der Waals surface area contributed by atoms with Crippen LogP contribution in [-0.2, 0) is 19.1 Å². The maximum Gasteiger partial charge on any atom is 0.338 e. The van der Waals surface area contributed by atoms with E-state index in [4.69, 9.17) is 9.47 Å². The number of allylic oxidation sites excluding steroid dienone is 1. The average Bonchev–Trinajstić information content (AvgIpc) is 3.08. The Bertz CT molecular complexity index is 783. The third-order valence-corrected chi connectivity index (χ3v) is 9.78. The lowest BCUT2D eigenvalue weighted by Crippen LogP contribution is -2.13. The summed E-state index contributed by atoms with van der Waals surface area (Å²) in [6.45, 7) is 12.1. The fourth-order valence-electron chi connectivity index (χ4n) is 6.38. The molecular weight excluding hydrogens is 592 g/mol. The van der Waals surface area contributed by atoms with Crippen LogP contribution in [0.25, 0.3) is 0 Å². The quantitative estimate of drug-likeness (QED) is 0.0285. The molecule has 0 rings (SSSR count). The molecular formula is C44H82O4. The first-order valence-electron chi connectivity index (χ1n) is 21.2. The van der Waals surface area contributed by atoms with Crippen molar-refractivity contribution in [2.45, 2.75) is 240 Å². The van der Waals surface area contributed by atoms with Gasteiger partial charge >= 0.3 is 11.9 Å². The Morgan fingerprint density at radius 3 is 1.02 bits per heavy atom. The Balaban J connectivity index is 3.99. The van der Waals surface area contributed by atoms with Crippen LogP contribution >= 0.6 is 0 Å². The van der Waals surface area contributed by atoms with Gasteiger partial charge in [-0.2, -0.15) is 0 Å². The molecule has 0 N–H and O–H groups in total. The molecule has 282 valence electrons. The normalized spacial score (nSPS) is 11.8. The van der Waals surface area contributed by atoms with Crippen molar-refractivity contribution in [2.75, 3.05) is 6.61 Å². The molecule has 0 saturated carbocycles. The summed E-state index contributed by atoms with van der Waals surface area (Å²) >= 11 is 0. The second kappa shape index (κ2) is 36.7. The zero-order valence-corrected chi connectivity index (χ0v) is 32.9. The lowest BCUT2D eigenvalue weighted by molar-refractivity contribution is -0.140. The van der Waals surface area contributed by atoms with Crippen LogP contribution in [-0.4, -0.2) is 18.5 Å². The van der Waals surface area contributed by atoms with Gasteiger partial charge in [0.25, 0.3) is 0 Å². The molecule has 0 aromatic heterocycles. The van der Waals surface area contributed by atoms with Gasteiger partial charge in [0, 0.05) is 12.0 Å². The van der Waals surface area contributed by atoms with Crippen LogP contribution in [0.4, 0.5) is 0 Å². The van der Waals surface area contributed by atoms with Crippen LogP contribution < -0.4 is 0 Å². The molecule has 0 spiro atoms. The van der Waals surface area contributed by atoms with Gasteiger partial charge in [-0.25, -0.2) is 9.59 Å². The third kappa shape index (κ3) is 31.7. The maximum absolute atomic E-state index is 12.8. The summed E-state index contributed by atoms with van der Waals surface area (Å²) in [5, 5.41) is 0. The van der Waals surface area contributed by atoms with Crippen LogP contribution in [0, 0.1) is 0 Å². The number of unbranched alkanes of at least 4 members (excludes halogenated alkanes) is 30. The van der Waals surface area contributed by atoms with Crippen LogP contribution in [0.5, 0.6) is 0 Å². The Morgan fingerprint density at radius 2 is 0.708 bits per heavy atom. The van der Waals surface area contributed by atoms with Crippen LogP contribution in [0.1, 0.15) is 240 Å². The van der Waals surface area contributed by atoms with Gasteiger partial charge in [-0.3, -0.25) is 0 Å². The smallest absolute Gasteiger partial charge is 0.338 e. The summed E-state index contributed by atoms with van der Waals surface area (Å²) in [7, 11) is 0. The van der Waals surface area contributed by atoms with Gasteiger partial charge < -0.3 is 9.47 Å². The summed E-state index contributed by atoms with van der Waals surface area (Å²) < 4.78 is 11.2. The molecule has 0 radical (unpaired) electrons. The van der Waals surface area contributed by atoms with E-state index in [-0.39, 0.29) is 5.97 Å². The van der Waals surface area contributed by atoms with Crippen molar-refractivity contribution >= 4 is 11.9 Å². The minimum absolute atomic E-state index is 0.341. The molecule has 0 amide bonds. The van der Waals surface area contributed by atoms with E-state index < -0.39 is 5.97 Å². The number of hydrogen-bond acceptors (Lipinski definition) is 4. The van der Waals surface area contributed by atoms with E-state index in [9.17, 15) is 9.59 Å². The maximum atomic E-state index is 12.8. The third-order valence-electron chi connectivity index (χ3n) is 9.78. The van der Waals surface area contributed by atoms with Gasteiger partial charge in [0.1, 0.15) is 5.76 Å². The topological polar surface area (TPSA) is 52.6 Å². The minimum Gasteiger partial charge on any atom is -0.462 e. The first-order valence-corrected chi connectivity index (χ1v) is 21.2. The predicted octanol–water partition coefficient (Wildman–Crippen LogP) is 14.8. The second-order valence-electron chi connectivity index (χ2n) is 14.7. The lowest BCUT2D eigenvalue weighted by Gasteiger charge is -2.13. The van der Waals surface area contributed by atoms with Gasteiger partial charge in [0.05, 0.1) is 12.2 Å². The van der Waals surface area contributed by atoms with Gasteiger partial charge in [0.2, 0.25) is 0 Å². The van der Waals surface area contributed by atoms with E-state index >= 15 is 0 Å². The van der Waals surface area contributed by atoms with Gasteiger partial charge in [-0.15, -0.1) is 0 Å². The van der Waals surface area contributed by atoms with E-state index in [1.165, 1.54) is 180 Å². The molecule has 0 heterocycles. The summed E-state index contributed by atoms with van der Waals surface area (Å²) in [5.74, 6) is -0.381. The number of hydrogen-bond donors (Lipinski definition) is 0. The van der Waals surface area contributed by atoms with Crippen LogP contribution in [0.2, 0.25) is 0 Å². The minimum atomic E-state index is -0.466. The number of carbonyl (C=O) groups is 2. The molecule has 0 atom stereocenters. The number of carbonyl (C=O) groups excluding carboxylic acids is 2. The Morgan fingerprint density at radius 1 is 0.417 bits per heavy atom. The van der Waals surface area contributed by atoms with E-state index in [1.807, 2.05) is 0 Å². The van der Waals surface area contributed by atoms with Crippen molar-refractivity contribution in [1.82, 2.24) is 0 Å². The summed E-state index contributed by atoms with van der Waals surface area (Å²) in [6.07, 6.45) is 42.7. The second-order valence-corrected chi connectivity index (χ2v) is 14.7. The SMILES string of the molecule is C=C(C)C(=O)OC(CCCCCCCCCCCCCCCCCC)=C(C)C(=O)OCCCCCCCCCCCCCCCCCC. The molecule has 0 fully saturated rings. The van der Waals surface area contributed by atoms with E-state index in [0.717, 1.165) is 25.7 Å². The predicted molar refractivity (Wildman–Crippen MR) is 208 cm³/mol. The standard InChI is InChI=1S/C44H82O4/c1-6-8-10-12-14-16-18-20-22-24-26-28-30-32-34-36-38-42(48-43(45)40(3)4)41(5)44(46)47-39-37-35-33-31-29-27-25-23-21-19-17-15-13-11-9-7-2/h3,6-39H2,1-2,4-5H3. The Hall–Kier alpha value is -1.58. The molecule has 0 saturated heterocycles. The first-order chi connectivity index (χ1) is 23.4. The zero-order chi connectivity index (χ0) is 35.3. The first kappa shape index (κ1) is 46.4. The molecule has 48 heavy (non-hydrogen) atoms. The molecule has 0 aliphatic heterocycles. The van der Waals surface area contributed by atoms with Gasteiger partial charge in [0.15, 0.2) is 0 Å². The van der Waals surface area contributed by atoms with Gasteiger partial charge in [-0.1, -0.05) is 213 Å². The Kier molecular flexibility index (Phi) is 35.5. The largest absolute Gasteiger partial charge is 0.462 e. The molecule has 0 aliphatic rings. The summed E-state index contributed by atoms with van der Waals surface area (Å²) in [6, 6.07) is 0. The Labute approximate surface area is 300 Å². The molecule has 0 unspecified atom stereocenters. The van der Waals surface area contributed by atoms with E-state index in [0.29, 0.717) is 29.9 Å². The van der Waals surface area contributed by atoms with Crippen LogP contribution in [0.15, 0.2) is 23.5 Å². The monoisotopic (exact) mass is 675 g/mol. The fourth-order valence-corrected chi connectivity index (χ4v) is 6.38. The number of esters is 2. The highest BCUT2D eigenvalue weighted by atomic mass is 16.5. The zero-order valence-electron chi connectivity index (χ0n) is 32.9. The number of rotatable bonds is 37. The molecule has 4 heteroatoms. The lowest BCUT2D eigenvalue weighted by atomic mass is 10.0. The van der Waals surface area contributed by atoms with Crippen molar-refractivity contribution in [3.63, 3.8) is 0 Å². The van der Waals surface area contributed by atoms with Crippen molar-refractivity contribution < 1.29 is 19.1 Å². The van der Waals surface area contributed by atoms with E-state index in [1.54, 1.807) is 13.8 Å². The highest BCUT2D eigenvalue weighted by Gasteiger charge is 2.17. The molecule has 0 aliphatic carbocycles. The summed E-state index contributed by atoms with van der Waals surface area (Å²) in [5.41, 5.74) is 0.760. The fraction of sp³-hybridized carbons (Fsp3) is 0.864. The molecule has 4 nitrogen and oxygen atoms in total. The molecule has 0 bridgehead atoms. The highest BCUT2D eigenvalue weighted by molar-refractivity contribution is 5.91. The van der Waals surface area contributed by atoms with Crippen molar-refractivity contribution in [2.24, 2.45) is 0 Å².